The number of nitrogens with two attached hydrogens (primary N) is 1. The molecule has 10 heavy (non-hydrogen) atoms. The van der Waals surface area contributed by atoms with Crippen molar-refractivity contribution in [2.75, 3.05) is 5.73 Å². The Balaban J connectivity index is 2.76. The molecule has 0 aromatic heterocycles. The van der Waals surface area contributed by atoms with E-state index in [9.17, 15) is 0 Å². The van der Waals surface area contributed by atoms with E-state index in [0.29, 0.717) is 11.4 Å². The first-order chi connectivity index (χ1) is 4.86. The largest absolute Gasteiger partial charge is 0.399 e. The van der Waals surface area contributed by atoms with Crippen LogP contribution in [-0.4, -0.2) is 10.1 Å². The lowest BCUT2D eigenvalue weighted by atomic mass is 10.4. The standard InChI is InChI=1S/C6H5N3O/c7-4-1-5-6(2-4)10-9-3-8-5/h1-3H,7H2. The van der Waals surface area contributed by atoms with Gasteiger partial charge in [-0.25, -0.2) is 4.98 Å². The molecule has 0 radical (unpaired) electrons. The van der Waals surface area contributed by atoms with Gasteiger partial charge in [0.25, 0.3) is 0 Å². The molecule has 4 heteroatoms. The molecule has 0 bridgehead atoms. The molecule has 2 N–H and O–H groups in total. The third kappa shape index (κ3) is 0.621. The van der Waals surface area contributed by atoms with Crippen LogP contribution in [0.15, 0.2) is 23.0 Å². The monoisotopic (exact) mass is 135 g/mol. The maximum absolute atomic E-state index is 5.46. The summed E-state index contributed by atoms with van der Waals surface area (Å²) in [7, 11) is 0. The van der Waals surface area contributed by atoms with E-state index in [0.717, 1.165) is 5.69 Å². The topological polar surface area (TPSA) is 64.9 Å². The lowest BCUT2D eigenvalue weighted by Crippen LogP contribution is -1.79. The van der Waals surface area contributed by atoms with Crippen LogP contribution in [0.2, 0.25) is 0 Å². The van der Waals surface area contributed by atoms with Crippen molar-refractivity contribution in [3.05, 3.63) is 18.5 Å². The summed E-state index contributed by atoms with van der Waals surface area (Å²) in [6.07, 6.45) is 1.35. The van der Waals surface area contributed by atoms with E-state index in [-0.39, 0.29) is 0 Å². The predicted octanol–water partition coefficient (Wildman–Crippen LogP) is 0.757. The summed E-state index contributed by atoms with van der Waals surface area (Å²) in [6.45, 7) is 0. The van der Waals surface area contributed by atoms with Gasteiger partial charge in [0.2, 0.25) is 0 Å². The average molecular weight is 135 g/mol. The lowest BCUT2D eigenvalue weighted by Gasteiger charge is -1.88. The van der Waals surface area contributed by atoms with Gasteiger partial charge in [-0.2, -0.15) is 0 Å². The summed E-state index contributed by atoms with van der Waals surface area (Å²) in [5, 5.41) is 3.48. The fraction of sp³-hybridized carbons (Fsp3) is 0. The Morgan fingerprint density at radius 1 is 1.40 bits per heavy atom. The van der Waals surface area contributed by atoms with E-state index in [2.05, 4.69) is 10.1 Å². The molecule has 50 valence electrons. The minimum absolute atomic E-state index is 0.625. The van der Waals surface area contributed by atoms with E-state index < -0.39 is 0 Å². The van der Waals surface area contributed by atoms with Crippen LogP contribution in [0.3, 0.4) is 0 Å². The molecule has 0 saturated carbocycles. The Morgan fingerprint density at radius 2 is 2.30 bits per heavy atom. The summed E-state index contributed by atoms with van der Waals surface area (Å²) >= 11 is 0. The van der Waals surface area contributed by atoms with Gasteiger partial charge in [-0.05, 0) is 6.07 Å². The fourth-order valence-corrected chi connectivity index (χ4v) is 0.836. The van der Waals surface area contributed by atoms with Gasteiger partial charge in [0, 0.05) is 11.8 Å². The molecular weight excluding hydrogens is 130 g/mol. The summed E-state index contributed by atoms with van der Waals surface area (Å²) in [6, 6.07) is 3.43. The Bertz CT molecular complexity index is 287. The van der Waals surface area contributed by atoms with Crippen LogP contribution in [0.25, 0.3) is 11.5 Å². The van der Waals surface area contributed by atoms with Crippen LogP contribution < -0.4 is 5.73 Å². The summed E-state index contributed by atoms with van der Waals surface area (Å²) in [4.78, 5) is 3.92. The van der Waals surface area contributed by atoms with E-state index in [1.165, 1.54) is 6.33 Å². The van der Waals surface area contributed by atoms with Crippen molar-refractivity contribution in [3.63, 3.8) is 0 Å². The van der Waals surface area contributed by atoms with Crippen molar-refractivity contribution in [2.24, 2.45) is 0 Å². The molecule has 0 aromatic rings. The molecule has 1 aliphatic heterocycles. The first-order valence-electron chi connectivity index (χ1n) is 2.82. The van der Waals surface area contributed by atoms with E-state index in [1.807, 2.05) is 0 Å². The second kappa shape index (κ2) is 1.70. The Kier molecular flexibility index (Phi) is 0.887. The zero-order valence-corrected chi connectivity index (χ0v) is 5.11. The number of hydrogen-bond acceptors (Lipinski definition) is 4. The Hall–Kier alpha value is -1.58. The molecule has 0 saturated heterocycles. The summed E-state index contributed by atoms with van der Waals surface area (Å²) < 4.78 is 4.84. The van der Waals surface area contributed by atoms with Crippen molar-refractivity contribution >= 4 is 5.69 Å². The number of anilines is 1. The number of rotatable bonds is 0. The van der Waals surface area contributed by atoms with Crippen molar-refractivity contribution in [1.82, 2.24) is 10.1 Å². The minimum Gasteiger partial charge on any atom is -0.399 e. The molecule has 1 heterocycles. The molecule has 2 aliphatic rings. The molecule has 0 fully saturated rings. The third-order valence-corrected chi connectivity index (χ3v) is 1.25. The molecule has 0 atom stereocenters. The number of fused-ring (bicyclic) bond motifs is 1. The predicted molar refractivity (Wildman–Crippen MR) is 35.3 cm³/mol. The molecule has 2 rings (SSSR count). The van der Waals surface area contributed by atoms with Gasteiger partial charge in [0.05, 0.1) is 0 Å². The van der Waals surface area contributed by atoms with Gasteiger partial charge in [-0.3, -0.25) is 0 Å². The van der Waals surface area contributed by atoms with E-state index in [4.69, 9.17) is 10.3 Å². The van der Waals surface area contributed by atoms with Crippen molar-refractivity contribution in [2.45, 2.75) is 0 Å². The van der Waals surface area contributed by atoms with Gasteiger partial charge in [0.15, 0.2) is 12.1 Å². The van der Waals surface area contributed by atoms with Crippen LogP contribution in [0.4, 0.5) is 5.69 Å². The van der Waals surface area contributed by atoms with E-state index >= 15 is 0 Å². The van der Waals surface area contributed by atoms with Crippen LogP contribution in [0, 0.1) is 0 Å². The van der Waals surface area contributed by atoms with Crippen molar-refractivity contribution < 1.29 is 4.52 Å². The summed E-state index contributed by atoms with van der Waals surface area (Å²) in [5.74, 6) is 0.625. The van der Waals surface area contributed by atoms with Crippen LogP contribution in [-0.2, 0) is 0 Å². The molecular formula is C6H5N3O. The SMILES string of the molecule is Nc1cc2ncnoc-2c1. The first-order valence-corrected chi connectivity index (χ1v) is 2.82. The molecule has 1 aliphatic carbocycles. The van der Waals surface area contributed by atoms with Crippen LogP contribution in [0.5, 0.6) is 0 Å². The highest BCUT2D eigenvalue weighted by atomic mass is 16.5. The van der Waals surface area contributed by atoms with Crippen LogP contribution >= 0.6 is 0 Å². The Labute approximate surface area is 57.0 Å². The van der Waals surface area contributed by atoms with Gasteiger partial charge in [0.1, 0.15) is 5.69 Å². The molecule has 0 aromatic carbocycles. The average Bonchev–Trinajstić information content (AvgIpc) is 2.27. The Morgan fingerprint density at radius 3 is 3.10 bits per heavy atom. The van der Waals surface area contributed by atoms with Gasteiger partial charge in [-0.1, -0.05) is 5.16 Å². The van der Waals surface area contributed by atoms with E-state index in [1.54, 1.807) is 12.1 Å². The maximum Gasteiger partial charge on any atom is 0.185 e. The molecule has 4 nitrogen and oxygen atoms in total. The quantitative estimate of drug-likeness (QED) is 0.579. The molecule has 0 amide bonds. The summed E-state index contributed by atoms with van der Waals surface area (Å²) in [5.41, 5.74) is 6.86. The fourth-order valence-electron chi connectivity index (χ4n) is 0.836. The highest BCUT2D eigenvalue weighted by Crippen LogP contribution is 2.22. The van der Waals surface area contributed by atoms with Gasteiger partial charge < -0.3 is 10.3 Å². The zero-order chi connectivity index (χ0) is 6.97. The third-order valence-electron chi connectivity index (χ3n) is 1.25. The molecule has 0 unspecified atom stereocenters. The first kappa shape index (κ1) is 5.22. The second-order valence-electron chi connectivity index (χ2n) is 1.98. The van der Waals surface area contributed by atoms with Gasteiger partial charge >= 0.3 is 0 Å². The highest BCUT2D eigenvalue weighted by Gasteiger charge is 2.07. The lowest BCUT2D eigenvalue weighted by molar-refractivity contribution is 0.405. The van der Waals surface area contributed by atoms with Gasteiger partial charge in [-0.15, -0.1) is 0 Å². The number of nitrogens with zero attached hydrogens (tertiary/aromatic N) is 2. The second-order valence-corrected chi connectivity index (χ2v) is 1.98. The zero-order valence-electron chi connectivity index (χ0n) is 5.11. The number of nitrogen functional groups attached to an aromatic ring is 1. The van der Waals surface area contributed by atoms with Crippen molar-refractivity contribution in [1.29, 1.82) is 0 Å². The number of hydrogen-bond donors (Lipinski definition) is 1. The van der Waals surface area contributed by atoms with Crippen LogP contribution in [0.1, 0.15) is 0 Å². The van der Waals surface area contributed by atoms with Crippen molar-refractivity contribution in [3.8, 4) is 11.5 Å². The highest BCUT2D eigenvalue weighted by molar-refractivity contribution is 5.65. The molecule has 0 spiro atoms. The smallest absolute Gasteiger partial charge is 0.185 e. The normalized spacial score (nSPS) is 10.4. The minimum atomic E-state index is 0.625. The maximum atomic E-state index is 5.46. The number of aromatic nitrogens is 2.